The predicted molar refractivity (Wildman–Crippen MR) is 99.1 cm³/mol. The lowest BCUT2D eigenvalue weighted by molar-refractivity contribution is 0.0946. The summed E-state index contributed by atoms with van der Waals surface area (Å²) in [6, 6.07) is 12.9. The van der Waals surface area contributed by atoms with Crippen molar-refractivity contribution in [3.05, 3.63) is 82.9 Å². The number of benzene rings is 1. The van der Waals surface area contributed by atoms with Gasteiger partial charge in [-0.3, -0.25) is 9.78 Å². The van der Waals surface area contributed by atoms with Crippen LogP contribution in [0.15, 0.2) is 61.1 Å². The van der Waals surface area contributed by atoms with Crippen LogP contribution in [0.2, 0.25) is 5.02 Å². The highest BCUT2D eigenvalue weighted by molar-refractivity contribution is 6.30. The number of aromatic nitrogens is 2. The van der Waals surface area contributed by atoms with Crippen molar-refractivity contribution < 1.29 is 4.79 Å². The Labute approximate surface area is 151 Å². The number of aryl methyl sites for hydroxylation is 1. The molecule has 3 rings (SSSR count). The van der Waals surface area contributed by atoms with Gasteiger partial charge < -0.3 is 10.6 Å². The maximum atomic E-state index is 12.2. The van der Waals surface area contributed by atoms with Crippen molar-refractivity contribution in [3.63, 3.8) is 0 Å². The molecule has 5 nitrogen and oxygen atoms in total. The van der Waals surface area contributed by atoms with E-state index in [9.17, 15) is 4.79 Å². The average molecular weight is 353 g/mol. The highest BCUT2D eigenvalue weighted by Gasteiger charge is 2.07. The van der Waals surface area contributed by atoms with Crippen molar-refractivity contribution in [1.82, 2.24) is 15.3 Å². The highest BCUT2D eigenvalue weighted by atomic mass is 35.5. The molecule has 3 aromatic rings. The molecule has 0 fully saturated rings. The molecule has 0 aliphatic carbocycles. The molecule has 0 unspecified atom stereocenters. The molecular formula is C19H17ClN4O. The van der Waals surface area contributed by atoms with Crippen LogP contribution in [-0.4, -0.2) is 15.9 Å². The Morgan fingerprint density at radius 2 is 2.04 bits per heavy atom. The lowest BCUT2D eigenvalue weighted by atomic mass is 10.2. The largest absolute Gasteiger partial charge is 0.354 e. The summed E-state index contributed by atoms with van der Waals surface area (Å²) in [7, 11) is 0. The smallest absolute Gasteiger partial charge is 0.270 e. The van der Waals surface area contributed by atoms with Gasteiger partial charge >= 0.3 is 0 Å². The number of anilines is 2. The van der Waals surface area contributed by atoms with Crippen molar-refractivity contribution in [1.29, 1.82) is 0 Å². The Morgan fingerprint density at radius 3 is 2.72 bits per heavy atom. The van der Waals surface area contributed by atoms with Crippen molar-refractivity contribution in [3.8, 4) is 0 Å². The summed E-state index contributed by atoms with van der Waals surface area (Å²) >= 11 is 5.96. The Morgan fingerprint density at radius 1 is 1.16 bits per heavy atom. The fourth-order valence-electron chi connectivity index (χ4n) is 2.30. The molecule has 0 saturated heterocycles. The minimum absolute atomic E-state index is 0.224. The van der Waals surface area contributed by atoms with E-state index >= 15 is 0 Å². The van der Waals surface area contributed by atoms with Gasteiger partial charge in [-0.1, -0.05) is 17.7 Å². The second-order valence-corrected chi connectivity index (χ2v) is 6.00. The number of nitrogens with zero attached hydrogens (tertiary/aromatic N) is 2. The Kier molecular flexibility index (Phi) is 5.26. The normalized spacial score (nSPS) is 10.3. The maximum Gasteiger partial charge on any atom is 0.270 e. The number of carbonyl (C=O) groups excluding carboxylic acids is 1. The maximum absolute atomic E-state index is 12.2. The van der Waals surface area contributed by atoms with Gasteiger partial charge in [0.2, 0.25) is 0 Å². The van der Waals surface area contributed by atoms with Crippen LogP contribution in [0.3, 0.4) is 0 Å². The number of hydrogen-bond donors (Lipinski definition) is 2. The molecule has 25 heavy (non-hydrogen) atoms. The van der Waals surface area contributed by atoms with Crippen LogP contribution in [0.5, 0.6) is 0 Å². The van der Waals surface area contributed by atoms with Gasteiger partial charge in [0.25, 0.3) is 5.91 Å². The summed E-state index contributed by atoms with van der Waals surface area (Å²) in [6.07, 6.45) is 5.04. The minimum Gasteiger partial charge on any atom is -0.354 e. The standard InChI is InChI=1S/C19H17ClN4O/c1-13-9-15(20)4-6-17(13)24-16-5-7-18(22-12-16)19(25)23-11-14-3-2-8-21-10-14/h2-10,12,24H,11H2,1H3,(H,23,25). The van der Waals surface area contributed by atoms with Crippen LogP contribution in [-0.2, 0) is 6.54 Å². The second kappa shape index (κ2) is 7.77. The molecule has 0 atom stereocenters. The first kappa shape index (κ1) is 16.9. The molecule has 6 heteroatoms. The van der Waals surface area contributed by atoms with Gasteiger partial charge in [0.05, 0.1) is 11.9 Å². The number of amides is 1. The fraction of sp³-hybridized carbons (Fsp3) is 0.105. The lowest BCUT2D eigenvalue weighted by Gasteiger charge is -2.10. The Bertz CT molecular complexity index is 866. The second-order valence-electron chi connectivity index (χ2n) is 5.56. The van der Waals surface area contributed by atoms with Crippen molar-refractivity contribution in [2.75, 3.05) is 5.32 Å². The number of carbonyl (C=O) groups is 1. The van der Waals surface area contributed by atoms with E-state index in [4.69, 9.17) is 11.6 Å². The first-order valence-electron chi connectivity index (χ1n) is 7.78. The quantitative estimate of drug-likeness (QED) is 0.725. The molecule has 0 spiro atoms. The number of nitrogens with one attached hydrogen (secondary N) is 2. The van der Waals surface area contributed by atoms with Gasteiger partial charge in [0.15, 0.2) is 0 Å². The van der Waals surface area contributed by atoms with Crippen LogP contribution in [0.25, 0.3) is 0 Å². The first-order chi connectivity index (χ1) is 12.1. The van der Waals surface area contributed by atoms with Gasteiger partial charge in [-0.15, -0.1) is 0 Å². The van der Waals surface area contributed by atoms with Crippen LogP contribution in [0.1, 0.15) is 21.6 Å². The zero-order valence-electron chi connectivity index (χ0n) is 13.7. The van der Waals surface area contributed by atoms with Crippen molar-refractivity contribution in [2.24, 2.45) is 0 Å². The molecule has 126 valence electrons. The third-order valence-electron chi connectivity index (χ3n) is 3.64. The van der Waals surface area contributed by atoms with Gasteiger partial charge in [-0.2, -0.15) is 0 Å². The lowest BCUT2D eigenvalue weighted by Crippen LogP contribution is -2.23. The molecule has 1 aromatic carbocycles. The van der Waals surface area contributed by atoms with Gasteiger partial charge in [-0.25, -0.2) is 4.98 Å². The fourth-order valence-corrected chi connectivity index (χ4v) is 2.53. The molecule has 0 saturated carbocycles. The number of rotatable bonds is 5. The Hall–Kier alpha value is -2.92. The summed E-state index contributed by atoms with van der Waals surface area (Å²) in [4.78, 5) is 20.4. The van der Waals surface area contributed by atoms with Crippen molar-refractivity contribution in [2.45, 2.75) is 13.5 Å². The number of pyridine rings is 2. The molecule has 0 aliphatic rings. The third-order valence-corrected chi connectivity index (χ3v) is 3.87. The molecule has 1 amide bonds. The molecule has 2 N–H and O–H groups in total. The van der Waals surface area contributed by atoms with E-state index in [2.05, 4.69) is 20.6 Å². The van der Waals surface area contributed by atoms with Gasteiger partial charge in [0.1, 0.15) is 5.69 Å². The summed E-state index contributed by atoms with van der Waals surface area (Å²) in [6.45, 7) is 2.39. The first-order valence-corrected chi connectivity index (χ1v) is 8.16. The van der Waals surface area contributed by atoms with Crippen molar-refractivity contribution >= 4 is 28.9 Å². The zero-order valence-corrected chi connectivity index (χ0v) is 14.4. The zero-order chi connectivity index (χ0) is 17.6. The summed E-state index contributed by atoms with van der Waals surface area (Å²) in [5.74, 6) is -0.224. The number of halogens is 1. The van der Waals surface area contributed by atoms with E-state index in [0.29, 0.717) is 17.3 Å². The van der Waals surface area contributed by atoms with E-state index in [1.807, 2.05) is 43.3 Å². The number of hydrogen-bond acceptors (Lipinski definition) is 4. The molecule has 0 aliphatic heterocycles. The topological polar surface area (TPSA) is 66.9 Å². The van der Waals surface area contributed by atoms with Gasteiger partial charge in [0, 0.05) is 29.6 Å². The van der Waals surface area contributed by atoms with Crippen LogP contribution >= 0.6 is 11.6 Å². The molecule has 0 radical (unpaired) electrons. The summed E-state index contributed by atoms with van der Waals surface area (Å²) in [5, 5.41) is 6.78. The molecule has 2 aromatic heterocycles. The SMILES string of the molecule is Cc1cc(Cl)ccc1Nc1ccc(C(=O)NCc2cccnc2)nc1. The van der Waals surface area contributed by atoms with E-state index in [1.165, 1.54) is 0 Å². The monoisotopic (exact) mass is 352 g/mol. The Balaban J connectivity index is 1.62. The van der Waals surface area contributed by atoms with Gasteiger partial charge in [-0.05, 0) is 54.4 Å². The predicted octanol–water partition coefficient (Wildman–Crippen LogP) is 4.11. The van der Waals surface area contributed by atoms with Crippen LogP contribution in [0.4, 0.5) is 11.4 Å². The minimum atomic E-state index is -0.224. The molecule has 0 bridgehead atoms. The summed E-state index contributed by atoms with van der Waals surface area (Å²) < 4.78 is 0. The third kappa shape index (κ3) is 4.55. The average Bonchev–Trinajstić information content (AvgIpc) is 2.63. The van der Waals surface area contributed by atoms with Crippen LogP contribution < -0.4 is 10.6 Å². The highest BCUT2D eigenvalue weighted by Crippen LogP contribution is 2.23. The molecular weight excluding hydrogens is 336 g/mol. The van der Waals surface area contributed by atoms with Crippen LogP contribution in [0, 0.1) is 6.92 Å². The van der Waals surface area contributed by atoms with E-state index in [0.717, 1.165) is 22.5 Å². The summed E-state index contributed by atoms with van der Waals surface area (Å²) in [5.41, 5.74) is 4.08. The van der Waals surface area contributed by atoms with E-state index in [1.54, 1.807) is 24.7 Å². The van der Waals surface area contributed by atoms with E-state index in [-0.39, 0.29) is 5.91 Å². The molecule has 2 heterocycles. The van der Waals surface area contributed by atoms with E-state index < -0.39 is 0 Å².